The summed E-state index contributed by atoms with van der Waals surface area (Å²) in [4.78, 5) is 0. The molecule has 0 aromatic rings. The Hall–Kier alpha value is -0.120. The number of rotatable bonds is 7. The van der Waals surface area contributed by atoms with Crippen molar-refractivity contribution >= 4 is 0 Å². The fourth-order valence-corrected chi connectivity index (χ4v) is 1.06. The van der Waals surface area contributed by atoms with Crippen LogP contribution in [-0.2, 0) is 9.47 Å². The lowest BCUT2D eigenvalue weighted by molar-refractivity contribution is 0.0935. The summed E-state index contributed by atoms with van der Waals surface area (Å²) in [6, 6.07) is 0.433. The molecule has 2 atom stereocenters. The smallest absolute Gasteiger partial charge is 0.0934 e. The maximum absolute atomic E-state index is 5.51. The Morgan fingerprint density at radius 1 is 1.38 bits per heavy atom. The van der Waals surface area contributed by atoms with Gasteiger partial charge in [0.1, 0.15) is 0 Å². The highest BCUT2D eigenvalue weighted by Crippen LogP contribution is 2.06. The molecule has 0 saturated carbocycles. The summed E-state index contributed by atoms with van der Waals surface area (Å²) in [6.45, 7) is 10.0. The monoisotopic (exact) mass is 187 g/mol. The van der Waals surface area contributed by atoms with Crippen molar-refractivity contribution in [2.45, 2.75) is 32.9 Å². The van der Waals surface area contributed by atoms with Gasteiger partial charge in [-0.3, -0.25) is 0 Å². The van der Waals surface area contributed by atoms with Gasteiger partial charge < -0.3 is 14.8 Å². The maximum Gasteiger partial charge on any atom is 0.0934 e. The molecule has 1 heterocycles. The zero-order valence-electron chi connectivity index (χ0n) is 8.88. The Morgan fingerprint density at radius 3 is 2.62 bits per heavy atom. The number of ether oxygens (including phenoxy) is 2. The van der Waals surface area contributed by atoms with E-state index in [9.17, 15) is 0 Å². The molecule has 1 rings (SSSR count). The third-order valence-electron chi connectivity index (χ3n) is 1.92. The van der Waals surface area contributed by atoms with E-state index in [-0.39, 0.29) is 0 Å². The van der Waals surface area contributed by atoms with Crippen LogP contribution in [0.5, 0.6) is 0 Å². The zero-order chi connectivity index (χ0) is 9.68. The highest BCUT2D eigenvalue weighted by molar-refractivity contribution is 4.73. The maximum atomic E-state index is 5.51. The van der Waals surface area contributed by atoms with E-state index in [0.717, 1.165) is 26.4 Å². The summed E-state index contributed by atoms with van der Waals surface area (Å²) in [6.07, 6.45) is 0.465. The molecule has 1 saturated heterocycles. The van der Waals surface area contributed by atoms with Gasteiger partial charge in [-0.25, -0.2) is 0 Å². The number of nitrogens with one attached hydrogen (secondary N) is 1. The van der Waals surface area contributed by atoms with Gasteiger partial charge in [-0.05, 0) is 12.8 Å². The van der Waals surface area contributed by atoms with E-state index in [1.54, 1.807) is 0 Å². The van der Waals surface area contributed by atoms with Crippen LogP contribution in [0.3, 0.4) is 0 Å². The van der Waals surface area contributed by atoms with E-state index in [2.05, 4.69) is 26.1 Å². The summed E-state index contributed by atoms with van der Waals surface area (Å²) in [5.41, 5.74) is 0. The van der Waals surface area contributed by atoms with Crippen molar-refractivity contribution in [3.8, 4) is 0 Å². The van der Waals surface area contributed by atoms with Gasteiger partial charge in [-0.1, -0.05) is 13.8 Å². The van der Waals surface area contributed by atoms with Crippen LogP contribution < -0.4 is 5.32 Å². The van der Waals surface area contributed by atoms with E-state index in [1.807, 2.05) is 0 Å². The van der Waals surface area contributed by atoms with Gasteiger partial charge in [0, 0.05) is 19.2 Å². The highest BCUT2D eigenvalue weighted by Gasteiger charge is 2.22. The Labute approximate surface area is 80.8 Å². The third-order valence-corrected chi connectivity index (χ3v) is 1.92. The normalized spacial score (nSPS) is 23.5. The topological polar surface area (TPSA) is 33.8 Å². The average molecular weight is 187 g/mol. The molecule has 13 heavy (non-hydrogen) atoms. The van der Waals surface area contributed by atoms with Gasteiger partial charge in [-0.15, -0.1) is 0 Å². The van der Waals surface area contributed by atoms with Crippen LogP contribution in [0.15, 0.2) is 0 Å². The highest BCUT2D eigenvalue weighted by atomic mass is 16.6. The van der Waals surface area contributed by atoms with Crippen molar-refractivity contribution in [1.82, 2.24) is 5.32 Å². The van der Waals surface area contributed by atoms with Crippen molar-refractivity contribution in [2.24, 2.45) is 5.92 Å². The minimum Gasteiger partial charge on any atom is -0.380 e. The van der Waals surface area contributed by atoms with E-state index in [0.29, 0.717) is 18.1 Å². The predicted molar refractivity (Wildman–Crippen MR) is 52.9 cm³/mol. The number of hydrogen-bond acceptors (Lipinski definition) is 3. The van der Waals surface area contributed by atoms with Crippen LogP contribution in [0.4, 0.5) is 0 Å². The Bertz CT molecular complexity index is 135. The first kappa shape index (κ1) is 11.0. The van der Waals surface area contributed by atoms with E-state index >= 15 is 0 Å². The summed E-state index contributed by atoms with van der Waals surface area (Å²) < 4.78 is 10.6. The van der Waals surface area contributed by atoms with Crippen LogP contribution in [0.2, 0.25) is 0 Å². The fourth-order valence-electron chi connectivity index (χ4n) is 1.06. The molecular weight excluding hydrogens is 166 g/mol. The SMILES string of the molecule is CC(C)COCC(C)NCC1CO1. The van der Waals surface area contributed by atoms with Crippen molar-refractivity contribution in [3.63, 3.8) is 0 Å². The van der Waals surface area contributed by atoms with Crippen LogP contribution in [-0.4, -0.2) is 38.5 Å². The lowest BCUT2D eigenvalue weighted by Gasteiger charge is -2.14. The minimum absolute atomic E-state index is 0.433. The molecule has 3 heteroatoms. The molecular formula is C10H21NO2. The van der Waals surface area contributed by atoms with Crippen LogP contribution in [0.25, 0.3) is 0 Å². The zero-order valence-corrected chi connectivity index (χ0v) is 8.88. The van der Waals surface area contributed by atoms with Gasteiger partial charge in [-0.2, -0.15) is 0 Å². The molecule has 0 amide bonds. The van der Waals surface area contributed by atoms with Crippen LogP contribution in [0.1, 0.15) is 20.8 Å². The minimum atomic E-state index is 0.433. The predicted octanol–water partition coefficient (Wildman–Crippen LogP) is 1.04. The Kier molecular flexibility index (Phi) is 4.70. The van der Waals surface area contributed by atoms with E-state index in [1.165, 1.54) is 0 Å². The van der Waals surface area contributed by atoms with Gasteiger partial charge in [0.05, 0.1) is 19.3 Å². The van der Waals surface area contributed by atoms with Crippen LogP contribution >= 0.6 is 0 Å². The molecule has 1 aliphatic rings. The second-order valence-corrected chi connectivity index (χ2v) is 4.20. The lowest BCUT2D eigenvalue weighted by Crippen LogP contribution is -2.33. The fraction of sp³-hybridized carbons (Fsp3) is 1.00. The molecule has 0 bridgehead atoms. The molecule has 0 aromatic carbocycles. The number of epoxide rings is 1. The van der Waals surface area contributed by atoms with Gasteiger partial charge in [0.2, 0.25) is 0 Å². The quantitative estimate of drug-likeness (QED) is 0.605. The second-order valence-electron chi connectivity index (χ2n) is 4.20. The van der Waals surface area contributed by atoms with Gasteiger partial charge in [0.25, 0.3) is 0 Å². The van der Waals surface area contributed by atoms with E-state index < -0.39 is 0 Å². The number of hydrogen-bond donors (Lipinski definition) is 1. The standard InChI is InChI=1S/C10H21NO2/c1-8(2)5-12-6-9(3)11-4-10-7-13-10/h8-11H,4-7H2,1-3H3. The van der Waals surface area contributed by atoms with Crippen molar-refractivity contribution in [2.75, 3.05) is 26.4 Å². The average Bonchev–Trinajstić information content (AvgIpc) is 2.83. The molecule has 1 aliphatic heterocycles. The lowest BCUT2D eigenvalue weighted by atomic mass is 10.2. The molecule has 0 radical (unpaired) electrons. The molecule has 0 spiro atoms. The molecule has 1 fully saturated rings. The largest absolute Gasteiger partial charge is 0.380 e. The van der Waals surface area contributed by atoms with Crippen molar-refractivity contribution in [3.05, 3.63) is 0 Å². The summed E-state index contributed by atoms with van der Waals surface area (Å²) in [5.74, 6) is 0.624. The molecule has 0 aliphatic carbocycles. The first-order chi connectivity index (χ1) is 6.18. The van der Waals surface area contributed by atoms with Gasteiger partial charge >= 0.3 is 0 Å². The van der Waals surface area contributed by atoms with E-state index in [4.69, 9.17) is 9.47 Å². The van der Waals surface area contributed by atoms with Crippen molar-refractivity contribution < 1.29 is 9.47 Å². The molecule has 2 unspecified atom stereocenters. The second kappa shape index (κ2) is 5.58. The molecule has 78 valence electrons. The summed E-state index contributed by atoms with van der Waals surface area (Å²) >= 11 is 0. The Morgan fingerprint density at radius 2 is 2.08 bits per heavy atom. The Balaban J connectivity index is 1.87. The summed E-state index contributed by atoms with van der Waals surface area (Å²) in [7, 11) is 0. The molecule has 3 nitrogen and oxygen atoms in total. The summed E-state index contributed by atoms with van der Waals surface area (Å²) in [5, 5.41) is 3.37. The van der Waals surface area contributed by atoms with Gasteiger partial charge in [0.15, 0.2) is 0 Å². The first-order valence-electron chi connectivity index (χ1n) is 5.11. The third kappa shape index (κ3) is 6.02. The van der Waals surface area contributed by atoms with Crippen LogP contribution in [0, 0.1) is 5.92 Å². The molecule has 1 N–H and O–H groups in total. The molecule has 0 aromatic heterocycles. The first-order valence-corrected chi connectivity index (χ1v) is 5.11. The van der Waals surface area contributed by atoms with Crippen molar-refractivity contribution in [1.29, 1.82) is 0 Å².